The Morgan fingerprint density at radius 1 is 1.40 bits per heavy atom. The van der Waals surface area contributed by atoms with E-state index in [2.05, 4.69) is 4.74 Å². The molecule has 0 aliphatic heterocycles. The van der Waals surface area contributed by atoms with Crippen LogP contribution >= 0.6 is 0 Å². The summed E-state index contributed by atoms with van der Waals surface area (Å²) in [6.07, 6.45) is 0.418. The molecule has 3 nitrogen and oxygen atoms in total. The summed E-state index contributed by atoms with van der Waals surface area (Å²) in [6.45, 7) is -2.86. The van der Waals surface area contributed by atoms with Crippen molar-refractivity contribution in [1.82, 2.24) is 0 Å². The van der Waals surface area contributed by atoms with Gasteiger partial charge in [0.1, 0.15) is 5.75 Å². The Morgan fingerprint density at radius 3 is 2.67 bits per heavy atom. The van der Waals surface area contributed by atoms with Crippen molar-refractivity contribution in [2.75, 3.05) is 0 Å². The van der Waals surface area contributed by atoms with Crippen molar-refractivity contribution >= 4 is 5.91 Å². The fraction of sp³-hybridized carbons (Fsp3) is 0.300. The number of alkyl halides is 2. The predicted octanol–water partition coefficient (Wildman–Crippen LogP) is 1.71. The zero-order valence-electron chi connectivity index (χ0n) is 7.95. The Bertz CT molecular complexity index is 342. The summed E-state index contributed by atoms with van der Waals surface area (Å²) in [6, 6.07) is 6.34. The number of benzene rings is 1. The van der Waals surface area contributed by atoms with Gasteiger partial charge < -0.3 is 10.5 Å². The van der Waals surface area contributed by atoms with E-state index in [1.54, 1.807) is 18.2 Å². The normalized spacial score (nSPS) is 10.3. The zero-order chi connectivity index (χ0) is 11.3. The van der Waals surface area contributed by atoms with E-state index in [-0.39, 0.29) is 12.2 Å². The molecule has 0 heterocycles. The second-order valence-electron chi connectivity index (χ2n) is 2.95. The van der Waals surface area contributed by atoms with Gasteiger partial charge in [-0.3, -0.25) is 4.79 Å². The first-order chi connectivity index (χ1) is 7.09. The van der Waals surface area contributed by atoms with Crippen LogP contribution in [0.5, 0.6) is 5.75 Å². The van der Waals surface area contributed by atoms with Crippen LogP contribution in [0.15, 0.2) is 24.3 Å². The lowest BCUT2D eigenvalue weighted by Gasteiger charge is -2.09. The van der Waals surface area contributed by atoms with Crippen LogP contribution in [0, 0.1) is 0 Å². The summed E-state index contributed by atoms with van der Waals surface area (Å²) in [5, 5.41) is 0. The van der Waals surface area contributed by atoms with Crippen LogP contribution in [0.2, 0.25) is 0 Å². The lowest BCUT2D eigenvalue weighted by Crippen LogP contribution is -2.12. The molecule has 0 saturated carbocycles. The van der Waals surface area contributed by atoms with Gasteiger partial charge in [0.05, 0.1) is 0 Å². The highest BCUT2D eigenvalue weighted by molar-refractivity contribution is 5.74. The minimum absolute atomic E-state index is 0.0914. The molecule has 1 aromatic carbocycles. The molecule has 0 saturated heterocycles. The highest BCUT2D eigenvalue weighted by Crippen LogP contribution is 2.21. The van der Waals surface area contributed by atoms with Crippen LogP contribution in [0.3, 0.4) is 0 Å². The number of hydrogen-bond acceptors (Lipinski definition) is 2. The summed E-state index contributed by atoms with van der Waals surface area (Å²) in [7, 11) is 0. The van der Waals surface area contributed by atoms with Crippen molar-refractivity contribution in [2.24, 2.45) is 5.73 Å². The standard InChI is InChI=1S/C10H11F2NO2/c11-10(12)15-8-4-2-1-3-7(8)5-6-9(13)14/h1-4,10H,5-6H2,(H2,13,14). The van der Waals surface area contributed by atoms with Crippen LogP contribution in [0.4, 0.5) is 8.78 Å². The number of halogens is 2. The maximum atomic E-state index is 12.0. The number of hydrogen-bond donors (Lipinski definition) is 1. The second kappa shape index (κ2) is 5.29. The summed E-state index contributed by atoms with van der Waals surface area (Å²) in [5.41, 5.74) is 5.52. The smallest absolute Gasteiger partial charge is 0.387 e. The van der Waals surface area contributed by atoms with Crippen molar-refractivity contribution in [3.05, 3.63) is 29.8 Å². The lowest BCUT2D eigenvalue weighted by atomic mass is 10.1. The van der Waals surface area contributed by atoms with E-state index in [1.165, 1.54) is 6.07 Å². The molecule has 0 aliphatic rings. The van der Waals surface area contributed by atoms with E-state index in [4.69, 9.17) is 5.73 Å². The molecule has 1 aromatic rings. The van der Waals surface area contributed by atoms with E-state index >= 15 is 0 Å². The van der Waals surface area contributed by atoms with E-state index < -0.39 is 12.5 Å². The number of ether oxygens (including phenoxy) is 1. The van der Waals surface area contributed by atoms with Crippen LogP contribution in [0.1, 0.15) is 12.0 Å². The third kappa shape index (κ3) is 3.93. The summed E-state index contributed by atoms with van der Waals surface area (Å²) < 4.78 is 28.3. The van der Waals surface area contributed by atoms with Gasteiger partial charge in [-0.2, -0.15) is 8.78 Å². The molecule has 82 valence electrons. The average molecular weight is 215 g/mol. The Balaban J connectivity index is 2.72. The molecule has 0 unspecified atom stereocenters. The van der Waals surface area contributed by atoms with Crippen LogP contribution < -0.4 is 10.5 Å². The topological polar surface area (TPSA) is 52.3 Å². The van der Waals surface area contributed by atoms with Crippen LogP contribution in [0.25, 0.3) is 0 Å². The zero-order valence-corrected chi connectivity index (χ0v) is 7.95. The Labute approximate surface area is 85.8 Å². The van der Waals surface area contributed by atoms with E-state index in [1.807, 2.05) is 0 Å². The Morgan fingerprint density at radius 2 is 2.07 bits per heavy atom. The molecule has 0 fully saturated rings. The molecule has 0 atom stereocenters. The summed E-state index contributed by atoms with van der Waals surface area (Å²) in [5.74, 6) is -0.379. The molecule has 0 radical (unpaired) electrons. The summed E-state index contributed by atoms with van der Waals surface area (Å²) >= 11 is 0. The summed E-state index contributed by atoms with van der Waals surface area (Å²) in [4.78, 5) is 10.5. The van der Waals surface area contributed by atoms with E-state index in [0.29, 0.717) is 12.0 Å². The molecule has 1 amide bonds. The van der Waals surface area contributed by atoms with Gasteiger partial charge in [0, 0.05) is 6.42 Å². The molecule has 0 aliphatic carbocycles. The number of carbonyl (C=O) groups excluding carboxylic acids is 1. The van der Waals surface area contributed by atoms with Crippen molar-refractivity contribution in [2.45, 2.75) is 19.5 Å². The fourth-order valence-corrected chi connectivity index (χ4v) is 1.18. The van der Waals surface area contributed by atoms with Crippen molar-refractivity contribution in [3.63, 3.8) is 0 Å². The van der Waals surface area contributed by atoms with Gasteiger partial charge in [-0.1, -0.05) is 18.2 Å². The van der Waals surface area contributed by atoms with Crippen molar-refractivity contribution < 1.29 is 18.3 Å². The first-order valence-corrected chi connectivity index (χ1v) is 4.40. The molecule has 2 N–H and O–H groups in total. The predicted molar refractivity (Wildman–Crippen MR) is 50.6 cm³/mol. The monoisotopic (exact) mass is 215 g/mol. The quantitative estimate of drug-likeness (QED) is 0.812. The van der Waals surface area contributed by atoms with Gasteiger partial charge in [-0.05, 0) is 18.1 Å². The highest BCUT2D eigenvalue weighted by Gasteiger charge is 2.09. The minimum Gasteiger partial charge on any atom is -0.435 e. The van der Waals surface area contributed by atoms with Crippen molar-refractivity contribution in [3.8, 4) is 5.75 Å². The molecular weight excluding hydrogens is 204 g/mol. The third-order valence-electron chi connectivity index (χ3n) is 1.83. The van der Waals surface area contributed by atoms with Crippen LogP contribution in [-0.4, -0.2) is 12.5 Å². The molecule has 0 bridgehead atoms. The Hall–Kier alpha value is -1.65. The van der Waals surface area contributed by atoms with Gasteiger partial charge in [0.2, 0.25) is 5.91 Å². The molecular formula is C10H11F2NO2. The molecule has 15 heavy (non-hydrogen) atoms. The Kier molecular flexibility index (Phi) is 4.03. The first-order valence-electron chi connectivity index (χ1n) is 4.40. The molecule has 0 spiro atoms. The van der Waals surface area contributed by atoms with Crippen molar-refractivity contribution in [1.29, 1.82) is 0 Å². The highest BCUT2D eigenvalue weighted by atomic mass is 19.3. The van der Waals surface area contributed by atoms with E-state index in [9.17, 15) is 13.6 Å². The van der Waals surface area contributed by atoms with Gasteiger partial charge in [-0.15, -0.1) is 0 Å². The SMILES string of the molecule is NC(=O)CCc1ccccc1OC(F)F. The number of carbonyl (C=O) groups is 1. The second-order valence-corrected chi connectivity index (χ2v) is 2.95. The largest absolute Gasteiger partial charge is 0.435 e. The fourth-order valence-electron chi connectivity index (χ4n) is 1.18. The van der Waals surface area contributed by atoms with Gasteiger partial charge >= 0.3 is 6.61 Å². The molecule has 0 aromatic heterocycles. The van der Waals surface area contributed by atoms with E-state index in [0.717, 1.165) is 0 Å². The number of primary amides is 1. The number of rotatable bonds is 5. The maximum absolute atomic E-state index is 12.0. The lowest BCUT2D eigenvalue weighted by molar-refractivity contribution is -0.117. The van der Waals surface area contributed by atoms with Gasteiger partial charge in [0.15, 0.2) is 0 Å². The number of para-hydroxylation sites is 1. The number of amides is 1. The average Bonchev–Trinajstić information content (AvgIpc) is 2.15. The van der Waals surface area contributed by atoms with Crippen LogP contribution in [-0.2, 0) is 11.2 Å². The molecule has 1 rings (SSSR count). The van der Waals surface area contributed by atoms with Gasteiger partial charge in [-0.25, -0.2) is 0 Å². The number of aryl methyl sites for hydroxylation is 1. The third-order valence-corrected chi connectivity index (χ3v) is 1.83. The molecule has 5 heteroatoms. The number of nitrogens with two attached hydrogens (primary N) is 1. The first kappa shape index (κ1) is 11.4. The maximum Gasteiger partial charge on any atom is 0.387 e. The minimum atomic E-state index is -2.86. The van der Waals surface area contributed by atoms with Gasteiger partial charge in [0.25, 0.3) is 0 Å².